The highest BCUT2D eigenvalue weighted by atomic mass is 32.1. The lowest BCUT2D eigenvalue weighted by Gasteiger charge is -2.11. The highest BCUT2D eigenvalue weighted by Crippen LogP contribution is 2.45. The molecule has 0 amide bonds. The van der Waals surface area contributed by atoms with Gasteiger partial charge < -0.3 is 8.98 Å². The molecule has 12 aromatic rings. The van der Waals surface area contributed by atoms with Gasteiger partial charge in [-0.3, -0.25) is 0 Å². The van der Waals surface area contributed by atoms with Crippen LogP contribution in [-0.2, 0) is 0 Å². The average molecular weight is 721 g/mol. The molecule has 12 rings (SSSR count). The summed E-state index contributed by atoms with van der Waals surface area (Å²) in [4.78, 5) is 15.3. The van der Waals surface area contributed by atoms with Crippen LogP contribution in [0.3, 0.4) is 0 Å². The van der Waals surface area contributed by atoms with Crippen LogP contribution in [0.4, 0.5) is 0 Å². The van der Waals surface area contributed by atoms with Crippen molar-refractivity contribution in [1.82, 2.24) is 19.5 Å². The molecule has 0 bridgehead atoms. The number of aromatic nitrogens is 4. The molecule has 0 aliphatic rings. The number of thiophene rings is 1. The fourth-order valence-electron chi connectivity index (χ4n) is 8.31. The van der Waals surface area contributed by atoms with E-state index in [0.717, 1.165) is 65.4 Å². The van der Waals surface area contributed by atoms with Gasteiger partial charge in [0.1, 0.15) is 11.2 Å². The second-order valence-electron chi connectivity index (χ2n) is 14.0. The molecule has 0 N–H and O–H groups in total. The molecule has 4 aromatic heterocycles. The monoisotopic (exact) mass is 720 g/mol. The Balaban J connectivity index is 1.12. The molecular weight excluding hydrogens is 693 g/mol. The molecule has 4 heterocycles. The van der Waals surface area contributed by atoms with Crippen molar-refractivity contribution < 1.29 is 4.42 Å². The number of hydrogen-bond acceptors (Lipinski definition) is 5. The molecule has 0 fully saturated rings. The first-order valence-electron chi connectivity index (χ1n) is 18.4. The number of furan rings is 1. The summed E-state index contributed by atoms with van der Waals surface area (Å²) in [7, 11) is 0. The van der Waals surface area contributed by atoms with Crippen LogP contribution in [0.25, 0.3) is 115 Å². The molecule has 0 unspecified atom stereocenters. The first-order chi connectivity index (χ1) is 27.2. The van der Waals surface area contributed by atoms with E-state index in [1.165, 1.54) is 31.6 Å². The Hall–Kier alpha value is -7.15. The lowest BCUT2D eigenvalue weighted by molar-refractivity contribution is 0.669. The SMILES string of the molecule is c1ccc(-c2nc(-c3ccccc3)nc(-c3cc4ccccc4c4c3sc3cc(-n5c6ccccc6c6cc7c(cc65)oc5ccccc57)ccc34)n2)cc1. The summed E-state index contributed by atoms with van der Waals surface area (Å²) in [6, 6.07) is 59.6. The fourth-order valence-corrected chi connectivity index (χ4v) is 9.58. The van der Waals surface area contributed by atoms with E-state index >= 15 is 0 Å². The minimum absolute atomic E-state index is 0.652. The number of rotatable bonds is 4. The van der Waals surface area contributed by atoms with Gasteiger partial charge >= 0.3 is 0 Å². The van der Waals surface area contributed by atoms with E-state index in [1.54, 1.807) is 11.3 Å². The largest absolute Gasteiger partial charge is 0.456 e. The van der Waals surface area contributed by atoms with E-state index in [-0.39, 0.29) is 0 Å². The number of benzene rings is 8. The molecule has 5 nitrogen and oxygen atoms in total. The van der Waals surface area contributed by atoms with Crippen molar-refractivity contribution in [3.05, 3.63) is 170 Å². The molecule has 0 atom stereocenters. The van der Waals surface area contributed by atoms with Crippen molar-refractivity contribution >= 4 is 86.0 Å². The molecule has 6 heteroatoms. The molecular formula is C49H28N4OS. The quantitative estimate of drug-likeness (QED) is 0.182. The molecule has 0 spiro atoms. The summed E-state index contributed by atoms with van der Waals surface area (Å²) in [5.41, 5.74) is 8.07. The van der Waals surface area contributed by atoms with Crippen LogP contribution in [0, 0.1) is 0 Å². The van der Waals surface area contributed by atoms with Crippen LogP contribution in [0.1, 0.15) is 0 Å². The summed E-state index contributed by atoms with van der Waals surface area (Å²) in [5.74, 6) is 1.96. The first kappa shape index (κ1) is 30.3. The van der Waals surface area contributed by atoms with Gasteiger partial charge in [0.25, 0.3) is 0 Å². The number of nitrogens with zero attached hydrogens (tertiary/aromatic N) is 4. The number of para-hydroxylation sites is 2. The van der Waals surface area contributed by atoms with Gasteiger partial charge in [-0.1, -0.05) is 127 Å². The third kappa shape index (κ3) is 4.62. The fraction of sp³-hybridized carbons (Fsp3) is 0. The summed E-state index contributed by atoms with van der Waals surface area (Å²) >= 11 is 1.80. The molecule has 0 aliphatic carbocycles. The van der Waals surface area contributed by atoms with Crippen LogP contribution in [0.2, 0.25) is 0 Å². The molecule has 0 aliphatic heterocycles. The lowest BCUT2D eigenvalue weighted by atomic mass is 10.00. The smallest absolute Gasteiger partial charge is 0.165 e. The van der Waals surface area contributed by atoms with Gasteiger partial charge in [0, 0.05) is 70.2 Å². The summed E-state index contributed by atoms with van der Waals surface area (Å²) < 4.78 is 11.1. The predicted octanol–water partition coefficient (Wildman–Crippen LogP) is 13.4. The topological polar surface area (TPSA) is 56.7 Å². The summed E-state index contributed by atoms with van der Waals surface area (Å²) in [6.07, 6.45) is 0. The van der Waals surface area contributed by atoms with Gasteiger partial charge in [-0.15, -0.1) is 11.3 Å². The van der Waals surface area contributed by atoms with Crippen LogP contribution in [-0.4, -0.2) is 19.5 Å². The Bertz CT molecular complexity index is 3430. The molecule has 0 saturated carbocycles. The zero-order chi connectivity index (χ0) is 36.0. The molecule has 8 aromatic carbocycles. The maximum atomic E-state index is 6.40. The predicted molar refractivity (Wildman–Crippen MR) is 228 cm³/mol. The third-order valence-electron chi connectivity index (χ3n) is 10.8. The van der Waals surface area contributed by atoms with Crippen LogP contribution in [0.15, 0.2) is 174 Å². The van der Waals surface area contributed by atoms with E-state index in [0.29, 0.717) is 17.5 Å². The third-order valence-corrected chi connectivity index (χ3v) is 12.0. The highest BCUT2D eigenvalue weighted by Gasteiger charge is 2.21. The van der Waals surface area contributed by atoms with Crippen LogP contribution >= 0.6 is 11.3 Å². The zero-order valence-corrected chi connectivity index (χ0v) is 30.1. The zero-order valence-electron chi connectivity index (χ0n) is 29.3. The van der Waals surface area contributed by atoms with Crippen molar-refractivity contribution in [2.24, 2.45) is 0 Å². The van der Waals surface area contributed by atoms with Crippen molar-refractivity contribution in [3.8, 4) is 39.9 Å². The van der Waals surface area contributed by atoms with E-state index in [4.69, 9.17) is 19.4 Å². The van der Waals surface area contributed by atoms with E-state index < -0.39 is 0 Å². The van der Waals surface area contributed by atoms with Gasteiger partial charge in [0.2, 0.25) is 0 Å². The van der Waals surface area contributed by atoms with Gasteiger partial charge in [-0.25, -0.2) is 15.0 Å². The highest BCUT2D eigenvalue weighted by molar-refractivity contribution is 7.26. The van der Waals surface area contributed by atoms with Gasteiger partial charge in [0.05, 0.1) is 11.0 Å². The van der Waals surface area contributed by atoms with Crippen molar-refractivity contribution in [3.63, 3.8) is 0 Å². The standard InChI is InChI=1S/C49H28N4OS/c1-3-13-29(14-4-1)47-50-48(30-15-5-2-6-16-30)52-49(51-47)39-25-31-17-7-8-18-33(31)45-36-24-23-32(26-44(36)55-46(39)45)53-40-21-11-9-19-34(40)37-27-38-35-20-10-12-22-42(35)54-43(38)28-41(37)53/h1-28H. The lowest BCUT2D eigenvalue weighted by Crippen LogP contribution is -2.00. The van der Waals surface area contributed by atoms with Crippen molar-refractivity contribution in [1.29, 1.82) is 0 Å². The molecule has 0 saturated heterocycles. The van der Waals surface area contributed by atoms with Gasteiger partial charge in [-0.2, -0.15) is 0 Å². The second-order valence-corrected chi connectivity index (χ2v) is 15.0. The van der Waals surface area contributed by atoms with Gasteiger partial charge in [0.15, 0.2) is 17.5 Å². The van der Waals surface area contributed by atoms with E-state index in [2.05, 4.69) is 126 Å². The number of hydrogen-bond donors (Lipinski definition) is 0. The normalized spacial score (nSPS) is 12.0. The van der Waals surface area contributed by atoms with Crippen molar-refractivity contribution in [2.75, 3.05) is 0 Å². The van der Waals surface area contributed by atoms with E-state index in [9.17, 15) is 0 Å². The maximum Gasteiger partial charge on any atom is 0.165 e. The first-order valence-corrected chi connectivity index (χ1v) is 19.2. The number of fused-ring (bicyclic) bond motifs is 11. The summed E-state index contributed by atoms with van der Waals surface area (Å²) in [5, 5.41) is 9.48. The van der Waals surface area contributed by atoms with Crippen LogP contribution in [0.5, 0.6) is 0 Å². The minimum atomic E-state index is 0.652. The molecule has 0 radical (unpaired) electrons. The second kappa shape index (κ2) is 11.7. The van der Waals surface area contributed by atoms with E-state index in [1.807, 2.05) is 48.5 Å². The van der Waals surface area contributed by atoms with Crippen molar-refractivity contribution in [2.45, 2.75) is 0 Å². The van der Waals surface area contributed by atoms with Crippen LogP contribution < -0.4 is 0 Å². The average Bonchev–Trinajstić information content (AvgIpc) is 3.92. The Labute approximate surface area is 318 Å². The summed E-state index contributed by atoms with van der Waals surface area (Å²) in [6.45, 7) is 0. The molecule has 55 heavy (non-hydrogen) atoms. The Morgan fingerprint density at radius 2 is 1.09 bits per heavy atom. The Morgan fingerprint density at radius 3 is 1.87 bits per heavy atom. The maximum absolute atomic E-state index is 6.40. The molecule has 256 valence electrons. The minimum Gasteiger partial charge on any atom is -0.456 e. The van der Waals surface area contributed by atoms with Gasteiger partial charge in [-0.05, 0) is 47.2 Å². The Kier molecular flexibility index (Phi) is 6.44. The Morgan fingerprint density at radius 1 is 0.436 bits per heavy atom.